The van der Waals surface area contributed by atoms with Gasteiger partial charge in [0.15, 0.2) is 6.10 Å². The number of hydrogen-bond acceptors (Lipinski definition) is 5. The second-order valence-corrected chi connectivity index (χ2v) is 5.64. The number of benzene rings is 1. The third kappa shape index (κ3) is 7.01. The molecule has 0 aliphatic carbocycles. The van der Waals surface area contributed by atoms with E-state index in [1.807, 2.05) is 17.4 Å². The SMILES string of the molecule is C[C@@H](OC(=O)CCSc1ccc(Cl)cc1)C(=O)NC(N)=O. The van der Waals surface area contributed by atoms with Gasteiger partial charge >= 0.3 is 12.0 Å². The lowest BCUT2D eigenvalue weighted by Gasteiger charge is -2.11. The van der Waals surface area contributed by atoms with E-state index in [-0.39, 0.29) is 6.42 Å². The number of primary amides is 1. The maximum Gasteiger partial charge on any atom is 0.318 e. The molecule has 0 saturated heterocycles. The first-order valence-electron chi connectivity index (χ1n) is 6.06. The van der Waals surface area contributed by atoms with Crippen molar-refractivity contribution < 1.29 is 19.1 Å². The second-order valence-electron chi connectivity index (χ2n) is 4.04. The van der Waals surface area contributed by atoms with Crippen LogP contribution in [-0.4, -0.2) is 29.8 Å². The van der Waals surface area contributed by atoms with Gasteiger partial charge in [-0.1, -0.05) is 11.6 Å². The topological polar surface area (TPSA) is 98.5 Å². The molecular formula is C13H15ClN2O4S. The number of esters is 1. The molecule has 0 aliphatic rings. The summed E-state index contributed by atoms with van der Waals surface area (Å²) in [6, 6.07) is 6.24. The van der Waals surface area contributed by atoms with Crippen LogP contribution in [0.5, 0.6) is 0 Å². The Morgan fingerprint density at radius 3 is 2.52 bits per heavy atom. The zero-order valence-corrected chi connectivity index (χ0v) is 12.9. The number of carbonyl (C=O) groups excluding carboxylic acids is 3. The van der Waals surface area contributed by atoms with E-state index in [1.165, 1.54) is 18.7 Å². The summed E-state index contributed by atoms with van der Waals surface area (Å²) in [4.78, 5) is 34.3. The molecular weight excluding hydrogens is 316 g/mol. The first kappa shape index (κ1) is 17.3. The molecule has 1 aromatic carbocycles. The van der Waals surface area contributed by atoms with Gasteiger partial charge in [-0.3, -0.25) is 14.9 Å². The van der Waals surface area contributed by atoms with Gasteiger partial charge in [-0.05, 0) is 31.2 Å². The molecule has 0 unspecified atom stereocenters. The van der Waals surface area contributed by atoms with Gasteiger partial charge in [0.1, 0.15) is 0 Å². The number of carbonyl (C=O) groups is 3. The first-order valence-corrected chi connectivity index (χ1v) is 7.43. The monoisotopic (exact) mass is 330 g/mol. The zero-order valence-electron chi connectivity index (χ0n) is 11.3. The third-order valence-electron chi connectivity index (χ3n) is 2.31. The van der Waals surface area contributed by atoms with Gasteiger partial charge in [0, 0.05) is 15.7 Å². The van der Waals surface area contributed by atoms with Gasteiger partial charge < -0.3 is 10.5 Å². The Balaban J connectivity index is 2.29. The molecule has 1 aromatic rings. The van der Waals surface area contributed by atoms with Crippen LogP contribution in [0.15, 0.2) is 29.2 Å². The molecule has 0 bridgehead atoms. The zero-order chi connectivity index (χ0) is 15.8. The molecule has 0 heterocycles. The average Bonchev–Trinajstić information content (AvgIpc) is 2.40. The molecule has 21 heavy (non-hydrogen) atoms. The maximum absolute atomic E-state index is 11.5. The number of imide groups is 1. The predicted molar refractivity (Wildman–Crippen MR) is 80.1 cm³/mol. The molecule has 0 radical (unpaired) electrons. The largest absolute Gasteiger partial charge is 0.453 e. The molecule has 0 saturated carbocycles. The van der Waals surface area contributed by atoms with E-state index in [9.17, 15) is 14.4 Å². The molecule has 3 N–H and O–H groups in total. The van der Waals surface area contributed by atoms with Crippen LogP contribution in [0.3, 0.4) is 0 Å². The Bertz CT molecular complexity index is 521. The highest BCUT2D eigenvalue weighted by molar-refractivity contribution is 7.99. The standard InChI is InChI=1S/C13H15ClN2O4S/c1-8(12(18)16-13(15)19)20-11(17)6-7-21-10-4-2-9(14)3-5-10/h2-5,8H,6-7H2,1H3,(H3,15,16,18,19)/t8-/m1/s1. The van der Waals surface area contributed by atoms with E-state index in [4.69, 9.17) is 22.1 Å². The summed E-state index contributed by atoms with van der Waals surface area (Å²) in [5.41, 5.74) is 4.79. The number of urea groups is 1. The lowest BCUT2D eigenvalue weighted by Crippen LogP contribution is -2.42. The van der Waals surface area contributed by atoms with Crippen molar-refractivity contribution in [2.75, 3.05) is 5.75 Å². The minimum absolute atomic E-state index is 0.140. The molecule has 6 nitrogen and oxygen atoms in total. The van der Waals surface area contributed by atoms with Gasteiger partial charge in [0.2, 0.25) is 0 Å². The molecule has 8 heteroatoms. The Morgan fingerprint density at radius 1 is 1.33 bits per heavy atom. The van der Waals surface area contributed by atoms with Crippen LogP contribution in [0.2, 0.25) is 5.02 Å². The van der Waals surface area contributed by atoms with Crippen LogP contribution in [0.4, 0.5) is 4.79 Å². The highest BCUT2D eigenvalue weighted by Gasteiger charge is 2.18. The Morgan fingerprint density at radius 2 is 1.95 bits per heavy atom. The van der Waals surface area contributed by atoms with Crippen LogP contribution in [0, 0.1) is 0 Å². The van der Waals surface area contributed by atoms with Gasteiger partial charge in [0.25, 0.3) is 5.91 Å². The maximum atomic E-state index is 11.5. The highest BCUT2D eigenvalue weighted by atomic mass is 35.5. The summed E-state index contributed by atoms with van der Waals surface area (Å²) in [6.07, 6.45) is -0.924. The van der Waals surface area contributed by atoms with Crippen LogP contribution < -0.4 is 11.1 Å². The van der Waals surface area contributed by atoms with E-state index >= 15 is 0 Å². The Kier molecular flexibility index (Phi) is 7.04. The van der Waals surface area contributed by atoms with E-state index in [1.54, 1.807) is 12.1 Å². The number of nitrogens with one attached hydrogen (secondary N) is 1. The van der Waals surface area contributed by atoms with Gasteiger partial charge in [0.05, 0.1) is 6.42 Å². The van der Waals surface area contributed by atoms with Crippen molar-refractivity contribution in [2.45, 2.75) is 24.3 Å². The number of thioether (sulfide) groups is 1. The van der Waals surface area contributed by atoms with Crippen molar-refractivity contribution in [3.8, 4) is 0 Å². The molecule has 114 valence electrons. The smallest absolute Gasteiger partial charge is 0.318 e. The lowest BCUT2D eigenvalue weighted by atomic mass is 10.3. The van der Waals surface area contributed by atoms with E-state index in [2.05, 4.69) is 0 Å². The molecule has 0 spiro atoms. The van der Waals surface area contributed by atoms with E-state index in [0.717, 1.165) is 4.90 Å². The minimum Gasteiger partial charge on any atom is -0.453 e. The fraction of sp³-hybridized carbons (Fsp3) is 0.308. The quantitative estimate of drug-likeness (QED) is 0.613. The number of halogens is 1. The molecule has 1 rings (SSSR count). The molecule has 0 fully saturated rings. The van der Waals surface area contributed by atoms with Gasteiger partial charge in [-0.2, -0.15) is 0 Å². The number of nitrogens with two attached hydrogens (primary N) is 1. The van der Waals surface area contributed by atoms with Crippen molar-refractivity contribution >= 4 is 41.3 Å². The minimum atomic E-state index is -1.06. The second kappa shape index (κ2) is 8.53. The van der Waals surface area contributed by atoms with Gasteiger partial charge in [-0.25, -0.2) is 4.79 Å². The van der Waals surface area contributed by atoms with Crippen molar-refractivity contribution in [1.29, 1.82) is 0 Å². The van der Waals surface area contributed by atoms with Crippen LogP contribution in [-0.2, 0) is 14.3 Å². The van der Waals surface area contributed by atoms with Crippen LogP contribution in [0.1, 0.15) is 13.3 Å². The molecule has 0 aromatic heterocycles. The summed E-state index contributed by atoms with van der Waals surface area (Å²) in [6.45, 7) is 1.36. The highest BCUT2D eigenvalue weighted by Crippen LogP contribution is 2.21. The molecule has 0 aliphatic heterocycles. The Hall–Kier alpha value is -1.73. The molecule has 3 amide bonds. The van der Waals surface area contributed by atoms with Crippen molar-refractivity contribution in [2.24, 2.45) is 5.73 Å². The Labute approximate surface area is 131 Å². The van der Waals surface area contributed by atoms with Gasteiger partial charge in [-0.15, -0.1) is 11.8 Å². The first-order chi connectivity index (χ1) is 9.88. The fourth-order valence-electron chi connectivity index (χ4n) is 1.32. The number of rotatable bonds is 6. The summed E-state index contributed by atoms with van der Waals surface area (Å²) in [7, 11) is 0. The third-order valence-corrected chi connectivity index (χ3v) is 3.58. The number of ether oxygens (including phenoxy) is 1. The fourth-order valence-corrected chi connectivity index (χ4v) is 2.27. The normalized spacial score (nSPS) is 11.5. The van der Waals surface area contributed by atoms with Crippen LogP contribution >= 0.6 is 23.4 Å². The molecule has 1 atom stereocenters. The van der Waals surface area contributed by atoms with E-state index in [0.29, 0.717) is 10.8 Å². The summed E-state index contributed by atoms with van der Waals surface area (Å²) in [5.74, 6) is -0.769. The lowest BCUT2D eigenvalue weighted by molar-refractivity contribution is -0.154. The van der Waals surface area contributed by atoms with Crippen molar-refractivity contribution in [3.63, 3.8) is 0 Å². The summed E-state index contributed by atoms with van der Waals surface area (Å²) < 4.78 is 4.88. The van der Waals surface area contributed by atoms with Crippen LogP contribution in [0.25, 0.3) is 0 Å². The van der Waals surface area contributed by atoms with E-state index < -0.39 is 24.0 Å². The summed E-state index contributed by atoms with van der Waals surface area (Å²) >= 11 is 7.23. The number of amides is 3. The number of hydrogen-bond donors (Lipinski definition) is 2. The average molecular weight is 331 g/mol. The predicted octanol–water partition coefficient (Wildman–Crippen LogP) is 1.95. The van der Waals surface area contributed by atoms with Crippen molar-refractivity contribution in [3.05, 3.63) is 29.3 Å². The van der Waals surface area contributed by atoms with Crippen molar-refractivity contribution in [1.82, 2.24) is 5.32 Å². The summed E-state index contributed by atoms with van der Waals surface area (Å²) in [5, 5.41) is 2.49.